The summed E-state index contributed by atoms with van der Waals surface area (Å²) in [4.78, 5) is 24.0. The van der Waals surface area contributed by atoms with E-state index in [9.17, 15) is 14.7 Å². The number of aliphatic hydroxyl groups excluding tert-OH is 1. The molecule has 0 aliphatic carbocycles. The Hall–Kier alpha value is -2.46. The largest absolute Gasteiger partial charge is 0.480 e. The SMILES string of the molecule is CC(O)[C@H](NC(=O)N[C@H](c1nnc(-c2cccs2)o1)C(C)C)C(=O)O. The zero-order chi connectivity index (χ0) is 18.6. The molecule has 0 bridgehead atoms. The number of rotatable bonds is 7. The first-order valence-corrected chi connectivity index (χ1v) is 8.52. The number of nitrogens with one attached hydrogen (secondary N) is 2. The maximum atomic E-state index is 12.1. The Morgan fingerprint density at radius 3 is 2.48 bits per heavy atom. The molecular formula is C15H20N4O5S. The molecule has 1 unspecified atom stereocenters. The lowest BCUT2D eigenvalue weighted by Gasteiger charge is -2.22. The van der Waals surface area contributed by atoms with Crippen LogP contribution < -0.4 is 10.6 Å². The topological polar surface area (TPSA) is 138 Å². The van der Waals surface area contributed by atoms with Crippen LogP contribution in [-0.4, -0.2) is 44.6 Å². The van der Waals surface area contributed by atoms with Gasteiger partial charge >= 0.3 is 12.0 Å². The minimum atomic E-state index is -1.42. The molecule has 2 aromatic rings. The van der Waals surface area contributed by atoms with Crippen molar-refractivity contribution in [1.82, 2.24) is 20.8 Å². The first kappa shape index (κ1) is 18.9. The molecule has 136 valence electrons. The van der Waals surface area contributed by atoms with E-state index in [2.05, 4.69) is 20.8 Å². The molecular weight excluding hydrogens is 348 g/mol. The normalized spacial score (nSPS) is 14.8. The van der Waals surface area contributed by atoms with Crippen LogP contribution in [0.2, 0.25) is 0 Å². The second kappa shape index (κ2) is 8.08. The number of thiophene rings is 1. The molecule has 2 heterocycles. The zero-order valence-electron chi connectivity index (χ0n) is 14.0. The lowest BCUT2D eigenvalue weighted by molar-refractivity contribution is -0.141. The smallest absolute Gasteiger partial charge is 0.328 e. The molecule has 2 aromatic heterocycles. The van der Waals surface area contributed by atoms with Crippen molar-refractivity contribution in [3.8, 4) is 10.8 Å². The summed E-state index contributed by atoms with van der Waals surface area (Å²) in [5, 5.41) is 33.1. The summed E-state index contributed by atoms with van der Waals surface area (Å²) in [5.74, 6) is -0.844. The number of aromatic nitrogens is 2. The molecule has 2 rings (SSSR count). The van der Waals surface area contributed by atoms with Crippen molar-refractivity contribution < 1.29 is 24.2 Å². The summed E-state index contributed by atoms with van der Waals surface area (Å²) < 4.78 is 5.63. The van der Waals surface area contributed by atoms with E-state index in [-0.39, 0.29) is 11.8 Å². The number of aliphatic carboxylic acids is 1. The van der Waals surface area contributed by atoms with Gasteiger partial charge in [-0.3, -0.25) is 0 Å². The van der Waals surface area contributed by atoms with Gasteiger partial charge in [0.1, 0.15) is 6.04 Å². The predicted octanol–water partition coefficient (Wildman–Crippen LogP) is 1.63. The second-order valence-electron chi connectivity index (χ2n) is 5.82. The summed E-state index contributed by atoms with van der Waals surface area (Å²) in [6, 6.07) is 0.925. The van der Waals surface area contributed by atoms with Crippen LogP contribution >= 0.6 is 11.3 Å². The van der Waals surface area contributed by atoms with Gasteiger partial charge in [-0.15, -0.1) is 21.5 Å². The molecule has 4 N–H and O–H groups in total. The Morgan fingerprint density at radius 2 is 1.96 bits per heavy atom. The Kier molecular flexibility index (Phi) is 6.10. The summed E-state index contributed by atoms with van der Waals surface area (Å²) in [5.41, 5.74) is 0. The molecule has 0 saturated carbocycles. The maximum Gasteiger partial charge on any atom is 0.328 e. The summed E-state index contributed by atoms with van der Waals surface area (Å²) in [6.07, 6.45) is -1.24. The number of carboxylic acids is 1. The molecule has 2 amide bonds. The number of aliphatic hydroxyl groups is 1. The molecule has 0 saturated heterocycles. The van der Waals surface area contributed by atoms with Gasteiger partial charge in [0, 0.05) is 0 Å². The van der Waals surface area contributed by atoms with Crippen molar-refractivity contribution in [1.29, 1.82) is 0 Å². The van der Waals surface area contributed by atoms with Crippen molar-refractivity contribution >= 4 is 23.3 Å². The maximum absolute atomic E-state index is 12.1. The molecule has 3 atom stereocenters. The van der Waals surface area contributed by atoms with Crippen LogP contribution in [0.25, 0.3) is 10.8 Å². The molecule has 0 radical (unpaired) electrons. The van der Waals surface area contributed by atoms with E-state index in [1.807, 2.05) is 31.4 Å². The van der Waals surface area contributed by atoms with Gasteiger partial charge in [-0.1, -0.05) is 19.9 Å². The van der Waals surface area contributed by atoms with Crippen LogP contribution in [0.5, 0.6) is 0 Å². The van der Waals surface area contributed by atoms with Crippen molar-refractivity contribution in [2.24, 2.45) is 5.92 Å². The average molecular weight is 368 g/mol. The van der Waals surface area contributed by atoms with E-state index in [1.54, 1.807) is 0 Å². The number of amides is 2. The first-order valence-electron chi connectivity index (χ1n) is 7.64. The monoisotopic (exact) mass is 368 g/mol. The predicted molar refractivity (Wildman–Crippen MR) is 90.0 cm³/mol. The highest BCUT2D eigenvalue weighted by atomic mass is 32.1. The molecule has 9 nitrogen and oxygen atoms in total. The van der Waals surface area contributed by atoms with Crippen LogP contribution in [0.1, 0.15) is 32.7 Å². The number of urea groups is 1. The van der Waals surface area contributed by atoms with Gasteiger partial charge in [0.05, 0.1) is 11.0 Å². The van der Waals surface area contributed by atoms with Crippen LogP contribution in [0.4, 0.5) is 4.79 Å². The van der Waals surface area contributed by atoms with E-state index in [0.29, 0.717) is 5.89 Å². The first-order chi connectivity index (χ1) is 11.8. The van der Waals surface area contributed by atoms with Crippen LogP contribution in [-0.2, 0) is 4.79 Å². The van der Waals surface area contributed by atoms with Crippen molar-refractivity contribution in [2.45, 2.75) is 39.0 Å². The highest BCUT2D eigenvalue weighted by Gasteiger charge is 2.29. The highest BCUT2D eigenvalue weighted by molar-refractivity contribution is 7.13. The minimum absolute atomic E-state index is 0.0859. The molecule has 10 heteroatoms. The lowest BCUT2D eigenvalue weighted by Crippen LogP contribution is -2.52. The van der Waals surface area contributed by atoms with Gasteiger partial charge in [0.2, 0.25) is 5.89 Å². The number of carbonyl (C=O) groups is 2. The summed E-state index contributed by atoms with van der Waals surface area (Å²) >= 11 is 1.45. The quantitative estimate of drug-likeness (QED) is 0.583. The van der Waals surface area contributed by atoms with E-state index >= 15 is 0 Å². The standard InChI is InChI=1S/C15H20N4O5S/c1-7(2)10(16-15(23)17-11(8(3)20)14(21)22)13-19-18-12(24-13)9-5-4-6-25-9/h4-8,10-11,20H,1-3H3,(H,21,22)(H2,16,17,23)/t8?,10-,11-/m0/s1. The van der Waals surface area contributed by atoms with Gasteiger partial charge in [-0.2, -0.15) is 0 Å². The zero-order valence-corrected chi connectivity index (χ0v) is 14.8. The summed E-state index contributed by atoms with van der Waals surface area (Å²) in [7, 11) is 0. The van der Waals surface area contributed by atoms with Gasteiger partial charge in [-0.25, -0.2) is 9.59 Å². The third-order valence-electron chi connectivity index (χ3n) is 3.43. The van der Waals surface area contributed by atoms with E-state index in [1.165, 1.54) is 18.3 Å². The van der Waals surface area contributed by atoms with Crippen molar-refractivity contribution in [3.63, 3.8) is 0 Å². The highest BCUT2D eigenvalue weighted by Crippen LogP contribution is 2.27. The fourth-order valence-electron chi connectivity index (χ4n) is 2.09. The van der Waals surface area contributed by atoms with Gasteiger partial charge in [-0.05, 0) is 24.3 Å². The van der Waals surface area contributed by atoms with E-state index < -0.39 is 30.2 Å². The summed E-state index contributed by atoms with van der Waals surface area (Å²) in [6.45, 7) is 4.98. The Bertz CT molecular complexity index is 713. The third kappa shape index (κ3) is 4.77. The minimum Gasteiger partial charge on any atom is -0.480 e. The molecule has 0 aliphatic rings. The average Bonchev–Trinajstić information content (AvgIpc) is 3.19. The van der Waals surface area contributed by atoms with Crippen LogP contribution in [0, 0.1) is 5.92 Å². The van der Waals surface area contributed by atoms with Crippen molar-refractivity contribution in [3.05, 3.63) is 23.4 Å². The Morgan fingerprint density at radius 1 is 1.24 bits per heavy atom. The molecule has 0 fully saturated rings. The van der Waals surface area contributed by atoms with Crippen LogP contribution in [0.15, 0.2) is 21.9 Å². The Labute approximate surface area is 148 Å². The second-order valence-corrected chi connectivity index (χ2v) is 6.77. The molecule has 0 aliphatic heterocycles. The van der Waals surface area contributed by atoms with Crippen molar-refractivity contribution in [2.75, 3.05) is 0 Å². The number of hydrogen-bond acceptors (Lipinski definition) is 7. The number of hydrogen-bond donors (Lipinski definition) is 4. The Balaban J connectivity index is 2.11. The molecule has 25 heavy (non-hydrogen) atoms. The number of nitrogens with zero attached hydrogens (tertiary/aromatic N) is 2. The fourth-order valence-corrected chi connectivity index (χ4v) is 2.73. The van der Waals surface area contributed by atoms with Crippen LogP contribution in [0.3, 0.4) is 0 Å². The fraction of sp³-hybridized carbons (Fsp3) is 0.467. The molecule has 0 spiro atoms. The lowest BCUT2D eigenvalue weighted by atomic mass is 10.0. The van der Waals surface area contributed by atoms with Gasteiger partial charge in [0.15, 0.2) is 6.04 Å². The van der Waals surface area contributed by atoms with E-state index in [0.717, 1.165) is 4.88 Å². The van der Waals surface area contributed by atoms with Gasteiger partial charge < -0.3 is 25.3 Å². The van der Waals surface area contributed by atoms with E-state index in [4.69, 9.17) is 9.52 Å². The number of carboxylic acid groups (broad SMARTS) is 1. The molecule has 0 aromatic carbocycles. The number of carbonyl (C=O) groups excluding carboxylic acids is 1. The third-order valence-corrected chi connectivity index (χ3v) is 4.28. The van der Waals surface area contributed by atoms with Gasteiger partial charge in [0.25, 0.3) is 5.89 Å².